The minimum absolute atomic E-state index is 0.0102. The van der Waals surface area contributed by atoms with E-state index in [1.54, 1.807) is 37.3 Å². The zero-order valence-electron chi connectivity index (χ0n) is 15.5. The third-order valence-corrected chi connectivity index (χ3v) is 4.68. The third-order valence-electron chi connectivity index (χ3n) is 4.68. The molecule has 2 aromatic carbocycles. The van der Waals surface area contributed by atoms with Crippen LogP contribution in [-0.4, -0.2) is 28.3 Å². The van der Waals surface area contributed by atoms with Gasteiger partial charge in [-0.15, -0.1) is 0 Å². The number of hydrogen-bond donors (Lipinski definition) is 3. The van der Waals surface area contributed by atoms with Gasteiger partial charge >= 0.3 is 5.97 Å². The molecule has 2 aromatic rings. The van der Waals surface area contributed by atoms with Gasteiger partial charge in [-0.2, -0.15) is 0 Å². The van der Waals surface area contributed by atoms with Gasteiger partial charge in [0.25, 0.3) is 0 Å². The minimum atomic E-state index is -0.914. The predicted molar refractivity (Wildman–Crippen MR) is 103 cm³/mol. The molecule has 28 heavy (non-hydrogen) atoms. The van der Waals surface area contributed by atoms with Crippen molar-refractivity contribution in [2.45, 2.75) is 38.4 Å². The summed E-state index contributed by atoms with van der Waals surface area (Å²) >= 11 is 0. The average molecular weight is 382 g/mol. The molecule has 146 valence electrons. The molecule has 7 nitrogen and oxygen atoms in total. The van der Waals surface area contributed by atoms with Crippen molar-refractivity contribution in [3.63, 3.8) is 0 Å². The smallest absolute Gasteiger partial charge is 0.303 e. The van der Waals surface area contributed by atoms with Gasteiger partial charge in [0.2, 0.25) is 0 Å². The number of Topliss-reactive ketones (excluding diaryl/α,β-unsaturated/α-hetero) is 1. The molecule has 0 saturated heterocycles. The Labute approximate surface area is 162 Å². The van der Waals surface area contributed by atoms with Crippen LogP contribution in [0.25, 0.3) is 0 Å². The summed E-state index contributed by atoms with van der Waals surface area (Å²) in [5, 5.41) is 16.3. The van der Waals surface area contributed by atoms with Crippen LogP contribution in [0.3, 0.4) is 0 Å². The summed E-state index contributed by atoms with van der Waals surface area (Å²) in [7, 11) is 0. The summed E-state index contributed by atoms with van der Waals surface area (Å²) in [4.78, 5) is 23.4. The first-order valence-electron chi connectivity index (χ1n) is 8.90. The van der Waals surface area contributed by atoms with Gasteiger partial charge in [0.05, 0.1) is 12.0 Å². The van der Waals surface area contributed by atoms with E-state index < -0.39 is 11.6 Å². The van der Waals surface area contributed by atoms with Gasteiger partial charge in [-0.1, -0.05) is 24.3 Å². The summed E-state index contributed by atoms with van der Waals surface area (Å²) in [6.07, 6.45) is 0.341. The fourth-order valence-corrected chi connectivity index (χ4v) is 3.10. The largest absolute Gasteiger partial charge is 0.489 e. The highest BCUT2D eigenvalue weighted by Gasteiger charge is 2.36. The molecule has 0 aliphatic carbocycles. The zero-order chi connectivity index (χ0) is 20.3. The first kappa shape index (κ1) is 19.4. The van der Waals surface area contributed by atoms with Crippen molar-refractivity contribution >= 4 is 17.6 Å². The van der Waals surface area contributed by atoms with E-state index in [0.29, 0.717) is 29.2 Å². The van der Waals surface area contributed by atoms with Gasteiger partial charge in [0, 0.05) is 12.0 Å². The molecule has 0 radical (unpaired) electrons. The normalized spacial score (nSPS) is 18.1. The van der Waals surface area contributed by atoms with E-state index in [1.165, 1.54) is 0 Å². The molecule has 1 heterocycles. The number of ether oxygens (including phenoxy) is 2. The first-order chi connectivity index (χ1) is 13.3. The molecule has 0 spiro atoms. The molecule has 0 aromatic heterocycles. The van der Waals surface area contributed by atoms with Crippen LogP contribution in [0.5, 0.6) is 11.5 Å². The Morgan fingerprint density at radius 2 is 2.00 bits per heavy atom. The summed E-state index contributed by atoms with van der Waals surface area (Å²) < 4.78 is 11.7. The van der Waals surface area contributed by atoms with E-state index in [1.807, 2.05) is 12.1 Å². The molecule has 1 unspecified atom stereocenters. The molecule has 3 rings (SSSR count). The maximum atomic E-state index is 12.6. The van der Waals surface area contributed by atoms with Crippen molar-refractivity contribution in [2.75, 3.05) is 0 Å². The number of nitrogens with one attached hydrogen (secondary N) is 1. The average Bonchev–Trinajstić information content (AvgIpc) is 2.65. The van der Waals surface area contributed by atoms with Crippen LogP contribution < -0.4 is 15.2 Å². The van der Waals surface area contributed by atoms with Crippen LogP contribution in [0.2, 0.25) is 0 Å². The van der Waals surface area contributed by atoms with E-state index >= 15 is 0 Å². The second-order valence-corrected chi connectivity index (χ2v) is 7.10. The Hall–Kier alpha value is -3.35. The Balaban J connectivity index is 1.68. The van der Waals surface area contributed by atoms with Gasteiger partial charge in [-0.3, -0.25) is 15.0 Å². The van der Waals surface area contributed by atoms with Crippen LogP contribution in [0.4, 0.5) is 0 Å². The van der Waals surface area contributed by atoms with Gasteiger partial charge in [-0.05, 0) is 37.1 Å². The van der Waals surface area contributed by atoms with Gasteiger partial charge in [0.1, 0.15) is 29.5 Å². The Morgan fingerprint density at radius 3 is 2.64 bits per heavy atom. The number of fused-ring (bicyclic) bond motifs is 1. The van der Waals surface area contributed by atoms with Crippen molar-refractivity contribution in [1.82, 2.24) is 0 Å². The summed E-state index contributed by atoms with van der Waals surface area (Å²) in [5.41, 5.74) is 6.62. The van der Waals surface area contributed by atoms with Crippen LogP contribution in [0.15, 0.2) is 42.5 Å². The maximum Gasteiger partial charge on any atom is 0.303 e. The van der Waals surface area contributed by atoms with E-state index in [9.17, 15) is 9.59 Å². The third kappa shape index (κ3) is 4.49. The second-order valence-electron chi connectivity index (χ2n) is 7.10. The molecule has 0 fully saturated rings. The van der Waals surface area contributed by atoms with Gasteiger partial charge in [-0.25, -0.2) is 0 Å². The molecule has 0 saturated carbocycles. The number of aliphatic carboxylic acids is 1. The highest BCUT2D eigenvalue weighted by atomic mass is 16.5. The monoisotopic (exact) mass is 382 g/mol. The van der Waals surface area contributed by atoms with Crippen molar-refractivity contribution < 1.29 is 24.2 Å². The number of carboxylic acid groups (broad SMARTS) is 1. The number of nitrogens with two attached hydrogens (primary N) is 1. The summed E-state index contributed by atoms with van der Waals surface area (Å²) in [5.74, 6) is -0.00707. The van der Waals surface area contributed by atoms with Gasteiger partial charge < -0.3 is 20.3 Å². The second kappa shape index (κ2) is 7.72. The molecule has 1 aliphatic rings. The van der Waals surface area contributed by atoms with E-state index in [4.69, 9.17) is 25.7 Å². The highest BCUT2D eigenvalue weighted by Crippen LogP contribution is 2.37. The Kier molecular flexibility index (Phi) is 5.35. The van der Waals surface area contributed by atoms with E-state index in [0.717, 1.165) is 5.56 Å². The predicted octanol–water partition coefficient (Wildman–Crippen LogP) is 3.14. The number of rotatable bonds is 7. The maximum absolute atomic E-state index is 12.6. The van der Waals surface area contributed by atoms with Crippen molar-refractivity contribution in [2.24, 2.45) is 5.73 Å². The molecule has 7 heteroatoms. The Bertz CT molecular complexity index is 923. The lowest BCUT2D eigenvalue weighted by molar-refractivity contribution is -0.138. The van der Waals surface area contributed by atoms with Crippen molar-refractivity contribution in [1.29, 1.82) is 5.41 Å². The number of hydrogen-bond acceptors (Lipinski definition) is 5. The number of nitrogen functional groups attached to an aromatic ring is 1. The number of ketones is 1. The minimum Gasteiger partial charge on any atom is -0.489 e. The van der Waals surface area contributed by atoms with Crippen molar-refractivity contribution in [3.8, 4) is 11.5 Å². The molecule has 1 atom stereocenters. The first-order valence-corrected chi connectivity index (χ1v) is 8.90. The number of carboxylic acids is 1. The lowest BCUT2D eigenvalue weighted by Gasteiger charge is -2.34. The highest BCUT2D eigenvalue weighted by molar-refractivity contribution is 6.00. The standard InChI is InChI=1S/C21H22N2O5/c1-21(9-8-19(25)26)11-17(24)16-10-15(6-7-18(16)28-21)27-12-13-2-4-14(5-3-13)20(22)23/h2-7,10H,8-9,11-12H2,1H3,(H3,22,23)(H,25,26). The Morgan fingerprint density at radius 1 is 1.29 bits per heavy atom. The topological polar surface area (TPSA) is 123 Å². The van der Waals surface area contributed by atoms with Gasteiger partial charge in [0.15, 0.2) is 5.78 Å². The summed E-state index contributed by atoms with van der Waals surface area (Å²) in [6, 6.07) is 12.2. The quantitative estimate of drug-likeness (QED) is 0.499. The molecular weight excluding hydrogens is 360 g/mol. The van der Waals surface area contributed by atoms with E-state index in [-0.39, 0.29) is 30.9 Å². The van der Waals surface area contributed by atoms with Crippen LogP contribution in [0, 0.1) is 5.41 Å². The molecule has 4 N–H and O–H groups in total. The zero-order valence-corrected chi connectivity index (χ0v) is 15.5. The lowest BCUT2D eigenvalue weighted by atomic mass is 9.88. The lowest BCUT2D eigenvalue weighted by Crippen LogP contribution is -2.39. The number of carbonyl (C=O) groups excluding carboxylic acids is 1. The van der Waals surface area contributed by atoms with Crippen LogP contribution >= 0.6 is 0 Å². The summed E-state index contributed by atoms with van der Waals surface area (Å²) in [6.45, 7) is 2.06. The fraction of sp³-hybridized carbons (Fsp3) is 0.286. The number of benzene rings is 2. The molecular formula is C21H22N2O5. The molecule has 0 amide bonds. The number of amidine groups is 1. The van der Waals surface area contributed by atoms with Crippen LogP contribution in [0.1, 0.15) is 47.7 Å². The SMILES string of the molecule is CC1(CCC(=O)O)CC(=O)c2cc(OCc3ccc(C(=N)N)cc3)ccc2O1. The van der Waals surface area contributed by atoms with Crippen molar-refractivity contribution in [3.05, 3.63) is 59.2 Å². The number of carbonyl (C=O) groups is 2. The van der Waals surface area contributed by atoms with Crippen LogP contribution in [-0.2, 0) is 11.4 Å². The fourth-order valence-electron chi connectivity index (χ4n) is 3.10. The molecule has 0 bridgehead atoms. The van der Waals surface area contributed by atoms with E-state index in [2.05, 4.69) is 0 Å². The molecule has 1 aliphatic heterocycles.